The highest BCUT2D eigenvalue weighted by molar-refractivity contribution is 7.91. The molecule has 2 atom stereocenters. The average Bonchev–Trinajstić information content (AvgIpc) is 2.22. The molecule has 94 valence electrons. The predicted octanol–water partition coefficient (Wildman–Crippen LogP) is 2.53. The molecule has 16 heavy (non-hydrogen) atoms. The zero-order valence-electron chi connectivity index (χ0n) is 10.2. The highest BCUT2D eigenvalue weighted by Crippen LogP contribution is 2.23. The number of hydrogen-bond acceptors (Lipinski definition) is 3. The smallest absolute Gasteiger partial charge is 0.150 e. The molecular formula is C12H22O3S. The Morgan fingerprint density at radius 2 is 2.00 bits per heavy atom. The van der Waals surface area contributed by atoms with E-state index in [2.05, 4.69) is 0 Å². The van der Waals surface area contributed by atoms with Crippen molar-refractivity contribution in [2.45, 2.75) is 45.6 Å². The number of rotatable bonds is 3. The van der Waals surface area contributed by atoms with Crippen molar-refractivity contribution in [2.75, 3.05) is 11.5 Å². The molecule has 1 aliphatic rings. The van der Waals surface area contributed by atoms with Crippen molar-refractivity contribution < 1.29 is 13.2 Å². The van der Waals surface area contributed by atoms with Crippen LogP contribution >= 0.6 is 0 Å². The van der Waals surface area contributed by atoms with Gasteiger partial charge in [0, 0.05) is 0 Å². The van der Waals surface area contributed by atoms with Crippen molar-refractivity contribution in [1.29, 1.82) is 0 Å². The van der Waals surface area contributed by atoms with Crippen molar-refractivity contribution >= 4 is 9.84 Å². The van der Waals surface area contributed by atoms with Gasteiger partial charge >= 0.3 is 0 Å². The van der Waals surface area contributed by atoms with Crippen molar-refractivity contribution in [1.82, 2.24) is 0 Å². The fourth-order valence-electron chi connectivity index (χ4n) is 2.09. The first kappa shape index (κ1) is 13.6. The molecule has 1 rings (SSSR count). The van der Waals surface area contributed by atoms with Crippen LogP contribution in [0.2, 0.25) is 0 Å². The van der Waals surface area contributed by atoms with Crippen LogP contribution in [-0.4, -0.2) is 26.0 Å². The third-order valence-electron chi connectivity index (χ3n) is 3.17. The van der Waals surface area contributed by atoms with Gasteiger partial charge in [0.05, 0.1) is 23.9 Å². The van der Waals surface area contributed by atoms with Gasteiger partial charge in [0.1, 0.15) is 9.84 Å². The maximum Gasteiger partial charge on any atom is 0.150 e. The fourth-order valence-corrected chi connectivity index (χ4v) is 3.60. The van der Waals surface area contributed by atoms with Gasteiger partial charge in [0.2, 0.25) is 0 Å². The third-order valence-corrected chi connectivity index (χ3v) is 4.94. The molecule has 3 nitrogen and oxygen atoms in total. The lowest BCUT2D eigenvalue weighted by Gasteiger charge is -2.25. The van der Waals surface area contributed by atoms with E-state index in [1.165, 1.54) is 0 Å². The molecule has 0 spiro atoms. The van der Waals surface area contributed by atoms with E-state index in [1.54, 1.807) is 6.26 Å². The molecule has 1 aliphatic heterocycles. The molecule has 4 heteroatoms. The molecule has 0 aromatic heterocycles. The van der Waals surface area contributed by atoms with Crippen LogP contribution in [0.5, 0.6) is 0 Å². The molecular weight excluding hydrogens is 224 g/mol. The van der Waals surface area contributed by atoms with Crippen molar-refractivity contribution in [3.8, 4) is 0 Å². The highest BCUT2D eigenvalue weighted by atomic mass is 32.2. The fraction of sp³-hybridized carbons (Fsp3) is 0.833. The largest absolute Gasteiger partial charge is 0.498 e. The van der Waals surface area contributed by atoms with E-state index >= 15 is 0 Å². The first-order valence-corrected chi connectivity index (χ1v) is 7.84. The zero-order chi connectivity index (χ0) is 12.0. The predicted molar refractivity (Wildman–Crippen MR) is 66.0 cm³/mol. The Morgan fingerprint density at radius 3 is 2.69 bits per heavy atom. The summed E-state index contributed by atoms with van der Waals surface area (Å²) >= 11 is 0. The summed E-state index contributed by atoms with van der Waals surface area (Å²) in [5, 5.41) is 0. The van der Waals surface area contributed by atoms with Crippen molar-refractivity contribution in [3.05, 3.63) is 12.3 Å². The number of hydrogen-bond donors (Lipinski definition) is 0. The van der Waals surface area contributed by atoms with Crippen molar-refractivity contribution in [3.63, 3.8) is 0 Å². The van der Waals surface area contributed by atoms with Crippen LogP contribution in [0.1, 0.15) is 39.5 Å². The van der Waals surface area contributed by atoms with Gasteiger partial charge in [-0.3, -0.25) is 0 Å². The van der Waals surface area contributed by atoms with Gasteiger partial charge in [-0.05, 0) is 39.0 Å². The lowest BCUT2D eigenvalue weighted by atomic mass is 9.94. The summed E-state index contributed by atoms with van der Waals surface area (Å²) in [6, 6.07) is 0. The van der Waals surface area contributed by atoms with E-state index in [0.29, 0.717) is 17.4 Å². The molecule has 2 unspecified atom stereocenters. The summed E-state index contributed by atoms with van der Waals surface area (Å²) in [6.07, 6.45) is 7.27. The quantitative estimate of drug-likeness (QED) is 0.719. The molecule has 0 bridgehead atoms. The minimum Gasteiger partial charge on any atom is -0.498 e. The van der Waals surface area contributed by atoms with E-state index in [0.717, 1.165) is 25.7 Å². The molecule has 1 fully saturated rings. The molecule has 0 radical (unpaired) electrons. The Hall–Kier alpha value is -0.510. The Bertz CT molecular complexity index is 319. The van der Waals surface area contributed by atoms with Gasteiger partial charge in [-0.2, -0.15) is 0 Å². The number of ether oxygens (including phenoxy) is 1. The first-order valence-electron chi connectivity index (χ1n) is 6.02. The monoisotopic (exact) mass is 246 g/mol. The molecule has 0 aliphatic carbocycles. The second kappa shape index (κ2) is 6.28. The summed E-state index contributed by atoms with van der Waals surface area (Å²) in [5.41, 5.74) is 0. The molecule has 0 amide bonds. The molecule has 0 saturated carbocycles. The first-order chi connectivity index (χ1) is 7.55. The van der Waals surface area contributed by atoms with Gasteiger partial charge in [0.25, 0.3) is 0 Å². The third kappa shape index (κ3) is 4.56. The Balaban J connectivity index is 2.52. The summed E-state index contributed by atoms with van der Waals surface area (Å²) < 4.78 is 28.6. The molecule has 1 saturated heterocycles. The molecule has 0 aromatic carbocycles. The van der Waals surface area contributed by atoms with Crippen LogP contribution in [0.25, 0.3) is 0 Å². The maximum atomic E-state index is 11.6. The van der Waals surface area contributed by atoms with Crippen LogP contribution in [0, 0.1) is 5.92 Å². The maximum absolute atomic E-state index is 11.6. The minimum atomic E-state index is -2.80. The SMILES string of the molecule is C/C=C/OC(C)C1CCCCS(=O)(=O)CC1. The second-order valence-electron chi connectivity index (χ2n) is 4.51. The van der Waals surface area contributed by atoms with E-state index < -0.39 is 9.84 Å². The Labute approximate surface area is 98.8 Å². The van der Waals surface area contributed by atoms with Gasteiger partial charge < -0.3 is 4.74 Å². The van der Waals surface area contributed by atoms with Gasteiger partial charge in [-0.25, -0.2) is 8.42 Å². The van der Waals surface area contributed by atoms with Crippen LogP contribution < -0.4 is 0 Å². The Morgan fingerprint density at radius 1 is 1.25 bits per heavy atom. The number of allylic oxidation sites excluding steroid dienone is 1. The van der Waals surface area contributed by atoms with Gasteiger partial charge in [-0.1, -0.05) is 12.5 Å². The van der Waals surface area contributed by atoms with E-state index in [4.69, 9.17) is 4.74 Å². The van der Waals surface area contributed by atoms with Crippen LogP contribution in [0.3, 0.4) is 0 Å². The summed E-state index contributed by atoms with van der Waals surface area (Å²) in [5.74, 6) is 1.05. The van der Waals surface area contributed by atoms with Gasteiger partial charge in [-0.15, -0.1) is 0 Å². The van der Waals surface area contributed by atoms with Crippen molar-refractivity contribution in [2.24, 2.45) is 5.92 Å². The van der Waals surface area contributed by atoms with Gasteiger partial charge in [0.15, 0.2) is 0 Å². The minimum absolute atomic E-state index is 0.115. The van der Waals surface area contributed by atoms with E-state index in [-0.39, 0.29) is 6.10 Å². The Kier molecular flexibility index (Phi) is 5.32. The summed E-state index contributed by atoms with van der Waals surface area (Å²) in [4.78, 5) is 0. The standard InChI is InChI=1S/C12H22O3S/c1-3-8-15-11(2)12-6-4-5-9-16(13,14)10-7-12/h3,8,11-12H,4-7,9-10H2,1-2H3/b8-3+. The summed E-state index contributed by atoms with van der Waals surface area (Å²) in [6.45, 7) is 3.94. The van der Waals surface area contributed by atoms with Crippen LogP contribution in [0.4, 0.5) is 0 Å². The zero-order valence-corrected chi connectivity index (χ0v) is 11.0. The second-order valence-corrected chi connectivity index (χ2v) is 6.81. The normalized spacial score (nSPS) is 28.2. The lowest BCUT2D eigenvalue weighted by Crippen LogP contribution is -2.25. The highest BCUT2D eigenvalue weighted by Gasteiger charge is 2.23. The molecule has 0 aromatic rings. The van der Waals surface area contributed by atoms with Crippen LogP contribution in [-0.2, 0) is 14.6 Å². The topological polar surface area (TPSA) is 43.4 Å². The average molecular weight is 246 g/mol. The summed E-state index contributed by atoms with van der Waals surface area (Å²) in [7, 11) is -2.80. The molecule has 1 heterocycles. The molecule has 0 N–H and O–H groups in total. The van der Waals surface area contributed by atoms with Crippen LogP contribution in [0.15, 0.2) is 12.3 Å². The number of sulfone groups is 1. The van der Waals surface area contributed by atoms with E-state index in [9.17, 15) is 8.42 Å². The van der Waals surface area contributed by atoms with E-state index in [1.807, 2.05) is 19.9 Å². The lowest BCUT2D eigenvalue weighted by molar-refractivity contribution is 0.0935.